The topological polar surface area (TPSA) is 108 Å². The number of hydrogen-bond acceptors (Lipinski definition) is 9. The van der Waals surface area contributed by atoms with Crippen molar-refractivity contribution in [3.05, 3.63) is 46.5 Å². The summed E-state index contributed by atoms with van der Waals surface area (Å²) in [5.74, 6) is -3.13. The van der Waals surface area contributed by atoms with Crippen LogP contribution in [0.5, 0.6) is 0 Å². The fraction of sp³-hybridized carbons (Fsp3) is 0.429. The van der Waals surface area contributed by atoms with E-state index >= 15 is 0 Å². The normalized spacial score (nSPS) is 19.5. The SMILES string of the molecule is CCOC(=O)C(C(=O)OCC)N1C2C(C(=O)OC)=C(C(=O)OC)C1c1ccccc12. The Morgan fingerprint density at radius 3 is 1.57 bits per heavy atom. The first-order valence-corrected chi connectivity index (χ1v) is 9.53. The van der Waals surface area contributed by atoms with E-state index in [1.165, 1.54) is 19.1 Å². The first kappa shape index (κ1) is 21.5. The molecular formula is C21H23NO8. The zero-order valence-corrected chi connectivity index (χ0v) is 17.2. The molecule has 0 spiro atoms. The van der Waals surface area contributed by atoms with Gasteiger partial charge >= 0.3 is 23.9 Å². The monoisotopic (exact) mass is 417 g/mol. The molecule has 0 radical (unpaired) electrons. The van der Waals surface area contributed by atoms with Gasteiger partial charge < -0.3 is 18.9 Å². The van der Waals surface area contributed by atoms with Crippen molar-refractivity contribution in [1.82, 2.24) is 4.90 Å². The molecule has 30 heavy (non-hydrogen) atoms. The van der Waals surface area contributed by atoms with Crippen LogP contribution < -0.4 is 0 Å². The highest BCUT2D eigenvalue weighted by Gasteiger charge is 2.59. The van der Waals surface area contributed by atoms with Gasteiger partial charge in [-0.1, -0.05) is 24.3 Å². The smallest absolute Gasteiger partial charge is 0.336 e. The molecule has 0 fully saturated rings. The molecule has 2 heterocycles. The van der Waals surface area contributed by atoms with Gasteiger partial charge in [-0.25, -0.2) is 19.2 Å². The summed E-state index contributed by atoms with van der Waals surface area (Å²) < 4.78 is 20.1. The van der Waals surface area contributed by atoms with Crippen LogP contribution in [0.15, 0.2) is 35.4 Å². The summed E-state index contributed by atoms with van der Waals surface area (Å²) >= 11 is 0. The molecule has 0 aromatic heterocycles. The minimum absolute atomic E-state index is 0.0339. The van der Waals surface area contributed by atoms with E-state index in [1.807, 2.05) is 0 Å². The van der Waals surface area contributed by atoms with Gasteiger partial charge in [0, 0.05) is 0 Å². The minimum Gasteiger partial charge on any atom is -0.466 e. The largest absolute Gasteiger partial charge is 0.466 e. The lowest BCUT2D eigenvalue weighted by molar-refractivity contribution is -0.165. The number of benzene rings is 1. The molecule has 0 aliphatic carbocycles. The number of hydrogen-bond donors (Lipinski definition) is 0. The van der Waals surface area contributed by atoms with Crippen LogP contribution in [-0.2, 0) is 38.1 Å². The summed E-state index contributed by atoms with van der Waals surface area (Å²) in [5, 5.41) is 0. The van der Waals surface area contributed by atoms with Crippen LogP contribution in [0.3, 0.4) is 0 Å². The number of carbonyl (C=O) groups excluding carboxylic acids is 4. The lowest BCUT2D eigenvalue weighted by atomic mass is 9.86. The van der Waals surface area contributed by atoms with Crippen molar-refractivity contribution >= 4 is 23.9 Å². The van der Waals surface area contributed by atoms with Crippen molar-refractivity contribution in [2.45, 2.75) is 32.0 Å². The molecule has 2 aliphatic heterocycles. The number of nitrogens with zero attached hydrogens (tertiary/aromatic N) is 1. The molecule has 0 amide bonds. The molecule has 0 saturated carbocycles. The van der Waals surface area contributed by atoms with Gasteiger partial charge in [-0.05, 0) is 25.0 Å². The highest BCUT2D eigenvalue weighted by atomic mass is 16.6. The third-order valence-corrected chi connectivity index (χ3v) is 5.15. The molecule has 2 atom stereocenters. The molecule has 0 N–H and O–H groups in total. The summed E-state index contributed by atoms with van der Waals surface area (Å²) in [6.07, 6.45) is 0. The van der Waals surface area contributed by atoms with Crippen LogP contribution in [-0.4, -0.2) is 62.3 Å². The van der Waals surface area contributed by atoms with Gasteiger partial charge in [0.05, 0.1) is 50.7 Å². The first-order chi connectivity index (χ1) is 14.4. The van der Waals surface area contributed by atoms with Crippen LogP contribution in [0, 0.1) is 0 Å². The van der Waals surface area contributed by atoms with Crippen LogP contribution in [0.4, 0.5) is 0 Å². The van der Waals surface area contributed by atoms with Gasteiger partial charge in [0.25, 0.3) is 0 Å². The molecule has 3 rings (SSSR count). The Balaban J connectivity index is 2.21. The van der Waals surface area contributed by atoms with E-state index in [2.05, 4.69) is 0 Å². The summed E-state index contributed by atoms with van der Waals surface area (Å²) in [6.45, 7) is 3.33. The molecule has 2 bridgehead atoms. The van der Waals surface area contributed by atoms with E-state index in [4.69, 9.17) is 18.9 Å². The predicted molar refractivity (Wildman–Crippen MR) is 102 cm³/mol. The van der Waals surface area contributed by atoms with Crippen molar-refractivity contribution in [3.8, 4) is 0 Å². The van der Waals surface area contributed by atoms with Gasteiger partial charge in [0.15, 0.2) is 0 Å². The first-order valence-electron chi connectivity index (χ1n) is 9.53. The average molecular weight is 417 g/mol. The number of methoxy groups -OCH3 is 2. The number of fused-ring (bicyclic) bond motifs is 5. The van der Waals surface area contributed by atoms with Crippen molar-refractivity contribution < 1.29 is 38.1 Å². The average Bonchev–Trinajstić information content (AvgIpc) is 3.24. The predicted octanol–water partition coefficient (Wildman–Crippen LogP) is 1.24. The second-order valence-electron chi connectivity index (χ2n) is 6.60. The van der Waals surface area contributed by atoms with E-state index < -0.39 is 42.0 Å². The maximum atomic E-state index is 12.8. The molecular weight excluding hydrogens is 394 g/mol. The minimum atomic E-state index is -1.48. The van der Waals surface area contributed by atoms with Gasteiger partial charge in [0.2, 0.25) is 6.04 Å². The second kappa shape index (κ2) is 8.66. The summed E-state index contributed by atoms with van der Waals surface area (Å²) in [5.41, 5.74) is 1.45. The van der Waals surface area contributed by atoms with Crippen molar-refractivity contribution in [2.75, 3.05) is 27.4 Å². The van der Waals surface area contributed by atoms with E-state index in [9.17, 15) is 19.2 Å². The van der Waals surface area contributed by atoms with E-state index in [-0.39, 0.29) is 24.4 Å². The van der Waals surface area contributed by atoms with Crippen molar-refractivity contribution in [3.63, 3.8) is 0 Å². The number of rotatable bonds is 7. The lowest BCUT2D eigenvalue weighted by Gasteiger charge is -2.29. The molecule has 9 heteroatoms. The number of ether oxygens (including phenoxy) is 4. The van der Waals surface area contributed by atoms with E-state index in [0.29, 0.717) is 11.1 Å². The Hall–Kier alpha value is -3.20. The van der Waals surface area contributed by atoms with E-state index in [1.54, 1.807) is 38.1 Å². The van der Waals surface area contributed by atoms with Gasteiger partial charge in [-0.2, -0.15) is 0 Å². The molecule has 2 aliphatic rings. The maximum Gasteiger partial charge on any atom is 0.336 e. The summed E-state index contributed by atoms with van der Waals surface area (Å²) in [6, 6.07) is 3.88. The molecule has 1 aromatic carbocycles. The quantitative estimate of drug-likeness (QED) is 0.368. The standard InChI is InChI=1S/C21H23NO8/c1-5-29-20(25)17(21(26)30-6-2)22-15-11-9-7-8-10-12(11)16(22)14(19(24)28-4)13(15)18(23)27-3/h7-10,15-17H,5-6H2,1-4H3. The van der Waals surface area contributed by atoms with Gasteiger partial charge in [-0.15, -0.1) is 0 Å². The number of carbonyl (C=O) groups is 4. The Kier molecular flexibility index (Phi) is 6.21. The maximum absolute atomic E-state index is 12.8. The van der Waals surface area contributed by atoms with E-state index in [0.717, 1.165) is 0 Å². The highest BCUT2D eigenvalue weighted by Crippen LogP contribution is 2.57. The summed E-state index contributed by atoms with van der Waals surface area (Å²) in [4.78, 5) is 52.4. The van der Waals surface area contributed by atoms with Crippen LogP contribution >= 0.6 is 0 Å². The Labute approximate surface area is 173 Å². The van der Waals surface area contributed by atoms with Crippen LogP contribution in [0.2, 0.25) is 0 Å². The fourth-order valence-electron chi connectivity index (χ4n) is 4.13. The molecule has 2 unspecified atom stereocenters. The van der Waals surface area contributed by atoms with Gasteiger partial charge in [-0.3, -0.25) is 4.90 Å². The molecule has 1 aromatic rings. The fourth-order valence-corrected chi connectivity index (χ4v) is 4.13. The highest BCUT2D eigenvalue weighted by molar-refractivity contribution is 6.06. The van der Waals surface area contributed by atoms with Gasteiger partial charge in [0.1, 0.15) is 0 Å². The third-order valence-electron chi connectivity index (χ3n) is 5.15. The van der Waals surface area contributed by atoms with Crippen molar-refractivity contribution in [2.24, 2.45) is 0 Å². The zero-order valence-electron chi connectivity index (χ0n) is 17.2. The summed E-state index contributed by atoms with van der Waals surface area (Å²) in [7, 11) is 2.39. The number of esters is 4. The van der Waals surface area contributed by atoms with Crippen LogP contribution in [0.25, 0.3) is 0 Å². The second-order valence-corrected chi connectivity index (χ2v) is 6.60. The Morgan fingerprint density at radius 1 is 0.833 bits per heavy atom. The van der Waals surface area contributed by atoms with Crippen molar-refractivity contribution in [1.29, 1.82) is 0 Å². The molecule has 160 valence electrons. The Morgan fingerprint density at radius 2 is 1.23 bits per heavy atom. The molecule has 0 saturated heterocycles. The lowest BCUT2D eigenvalue weighted by Crippen LogP contribution is -2.48. The third kappa shape index (κ3) is 3.24. The Bertz CT molecular complexity index is 850. The zero-order chi connectivity index (χ0) is 22.0. The van der Waals surface area contributed by atoms with Crippen LogP contribution in [0.1, 0.15) is 37.1 Å². The molecule has 9 nitrogen and oxygen atoms in total.